The van der Waals surface area contributed by atoms with Gasteiger partial charge in [0.05, 0.1) is 11.5 Å². The summed E-state index contributed by atoms with van der Waals surface area (Å²) in [5.41, 5.74) is 1.26. The molecule has 162 valence electrons. The maximum atomic E-state index is 11.5. The molecule has 0 atom stereocenters. The molecule has 1 aromatic carbocycles. The van der Waals surface area contributed by atoms with Crippen molar-refractivity contribution < 1.29 is 8.42 Å². The molecule has 7 nitrogen and oxygen atoms in total. The van der Waals surface area contributed by atoms with E-state index < -0.39 is 9.84 Å². The van der Waals surface area contributed by atoms with Crippen molar-refractivity contribution in [2.45, 2.75) is 19.9 Å². The Morgan fingerprint density at radius 3 is 2.62 bits per heavy atom. The molecule has 1 aliphatic rings. The van der Waals surface area contributed by atoms with E-state index in [1.807, 2.05) is 0 Å². The van der Waals surface area contributed by atoms with E-state index in [1.54, 1.807) is 0 Å². The second-order valence-electron chi connectivity index (χ2n) is 7.10. The van der Waals surface area contributed by atoms with Crippen molar-refractivity contribution in [1.29, 1.82) is 0 Å². The third-order valence-corrected chi connectivity index (χ3v) is 6.62. The van der Waals surface area contributed by atoms with Crippen LogP contribution in [-0.2, 0) is 16.4 Å². The summed E-state index contributed by atoms with van der Waals surface area (Å²) in [7, 11) is -2.81. The van der Waals surface area contributed by atoms with Crippen LogP contribution in [0.25, 0.3) is 10.9 Å². The largest absolute Gasteiger partial charge is 0.357 e. The van der Waals surface area contributed by atoms with E-state index >= 15 is 0 Å². The van der Waals surface area contributed by atoms with Gasteiger partial charge in [-0.15, -0.1) is 24.0 Å². The lowest BCUT2D eigenvalue weighted by molar-refractivity contribution is 0.299. The maximum absolute atomic E-state index is 11.5. The molecule has 2 N–H and O–H groups in total. The second kappa shape index (κ2) is 11.8. The zero-order valence-electron chi connectivity index (χ0n) is 17.0. The van der Waals surface area contributed by atoms with E-state index in [4.69, 9.17) is 0 Å². The molecule has 0 bridgehead atoms. The summed E-state index contributed by atoms with van der Waals surface area (Å²) in [5.74, 6) is 1.37. The highest BCUT2D eigenvalue weighted by Crippen LogP contribution is 2.15. The molecule has 9 heteroatoms. The Morgan fingerprint density at radius 1 is 1.10 bits per heavy atom. The van der Waals surface area contributed by atoms with Crippen LogP contribution in [0.2, 0.25) is 0 Å². The summed E-state index contributed by atoms with van der Waals surface area (Å²) in [4.78, 5) is 6.85. The molecule has 0 radical (unpaired) electrons. The van der Waals surface area contributed by atoms with Crippen molar-refractivity contribution in [3.63, 3.8) is 0 Å². The fourth-order valence-electron chi connectivity index (χ4n) is 3.42. The average molecular weight is 533 g/mol. The SMILES string of the molecule is CCNC(=NCCCn1ccc2ccccc21)NCCN1CCS(=O)(=O)CC1.I. The summed E-state index contributed by atoms with van der Waals surface area (Å²) in [6.45, 7) is 7.41. The standard InChI is InChI=1S/C20H31N5O2S.HI/c1-2-21-20(23-10-13-24-14-16-28(26,27)17-15-24)22-9-5-11-25-12-8-18-6-3-4-7-19(18)25;/h3-4,6-8,12H,2,5,9-11,13-17H2,1H3,(H2,21,22,23);1H. The Bertz CT molecular complexity index is 883. The van der Waals surface area contributed by atoms with Crippen molar-refractivity contribution in [2.24, 2.45) is 4.99 Å². The first-order chi connectivity index (χ1) is 13.6. The van der Waals surface area contributed by atoms with Gasteiger partial charge in [0.1, 0.15) is 0 Å². The van der Waals surface area contributed by atoms with Gasteiger partial charge in [0, 0.05) is 57.5 Å². The summed E-state index contributed by atoms with van der Waals surface area (Å²) < 4.78 is 25.3. The molecule has 1 fully saturated rings. The maximum Gasteiger partial charge on any atom is 0.191 e. The lowest BCUT2D eigenvalue weighted by Gasteiger charge is -2.26. The lowest BCUT2D eigenvalue weighted by atomic mass is 10.2. The van der Waals surface area contributed by atoms with Crippen molar-refractivity contribution in [3.05, 3.63) is 36.5 Å². The molecule has 1 saturated heterocycles. The van der Waals surface area contributed by atoms with Gasteiger partial charge in [0.15, 0.2) is 15.8 Å². The number of aliphatic imine (C=N–C) groups is 1. The highest BCUT2D eigenvalue weighted by Gasteiger charge is 2.20. The summed E-state index contributed by atoms with van der Waals surface area (Å²) >= 11 is 0. The topological polar surface area (TPSA) is 78.7 Å². The molecular weight excluding hydrogens is 501 g/mol. The second-order valence-corrected chi connectivity index (χ2v) is 9.41. The van der Waals surface area contributed by atoms with Gasteiger partial charge in [-0.05, 0) is 30.9 Å². The number of fused-ring (bicyclic) bond motifs is 1. The van der Waals surface area contributed by atoms with Gasteiger partial charge in [-0.1, -0.05) is 18.2 Å². The first-order valence-electron chi connectivity index (χ1n) is 10.1. The number of guanidine groups is 1. The van der Waals surface area contributed by atoms with Gasteiger partial charge in [-0.25, -0.2) is 8.42 Å². The van der Waals surface area contributed by atoms with E-state index in [9.17, 15) is 8.42 Å². The molecule has 0 amide bonds. The number of sulfone groups is 1. The Balaban J connectivity index is 0.00000300. The van der Waals surface area contributed by atoms with Crippen molar-refractivity contribution in [2.75, 3.05) is 50.8 Å². The van der Waals surface area contributed by atoms with Gasteiger partial charge >= 0.3 is 0 Å². The van der Waals surface area contributed by atoms with Gasteiger partial charge in [-0.2, -0.15) is 0 Å². The molecule has 0 aliphatic carbocycles. The van der Waals surface area contributed by atoms with E-state index in [1.165, 1.54) is 10.9 Å². The first-order valence-corrected chi connectivity index (χ1v) is 11.9. The smallest absolute Gasteiger partial charge is 0.191 e. The number of rotatable bonds is 8. The van der Waals surface area contributed by atoms with Crippen LogP contribution in [0.5, 0.6) is 0 Å². The average Bonchev–Trinajstić information content (AvgIpc) is 3.09. The van der Waals surface area contributed by atoms with Crippen LogP contribution in [0, 0.1) is 0 Å². The molecule has 2 aromatic rings. The van der Waals surface area contributed by atoms with E-state index in [2.05, 4.69) is 68.5 Å². The first kappa shape index (κ1) is 23.9. The van der Waals surface area contributed by atoms with Crippen molar-refractivity contribution in [3.8, 4) is 0 Å². The molecular formula is C20H32IN5O2S. The number of halogens is 1. The molecule has 1 aromatic heterocycles. The Kier molecular flexibility index (Phi) is 9.70. The van der Waals surface area contributed by atoms with Crippen molar-refractivity contribution >= 4 is 50.7 Å². The summed E-state index contributed by atoms with van der Waals surface area (Å²) in [6, 6.07) is 10.6. The van der Waals surface area contributed by atoms with Crippen LogP contribution in [0.1, 0.15) is 13.3 Å². The zero-order valence-corrected chi connectivity index (χ0v) is 20.2. The number of benzene rings is 1. The quantitative estimate of drug-likeness (QED) is 0.235. The lowest BCUT2D eigenvalue weighted by Crippen LogP contribution is -2.46. The van der Waals surface area contributed by atoms with E-state index in [-0.39, 0.29) is 35.5 Å². The molecule has 0 unspecified atom stereocenters. The highest BCUT2D eigenvalue weighted by atomic mass is 127. The van der Waals surface area contributed by atoms with E-state index in [0.29, 0.717) is 13.1 Å². The predicted molar refractivity (Wildman–Crippen MR) is 131 cm³/mol. The minimum absolute atomic E-state index is 0. The molecule has 0 spiro atoms. The molecule has 1 aliphatic heterocycles. The van der Waals surface area contributed by atoms with Crippen LogP contribution in [-0.4, -0.2) is 74.6 Å². The molecule has 2 heterocycles. The molecule has 29 heavy (non-hydrogen) atoms. The third-order valence-electron chi connectivity index (χ3n) is 5.01. The summed E-state index contributed by atoms with van der Waals surface area (Å²) in [6.07, 6.45) is 3.11. The number of hydrogen-bond donors (Lipinski definition) is 2. The predicted octanol–water partition coefficient (Wildman–Crippen LogP) is 1.93. The Morgan fingerprint density at radius 2 is 1.86 bits per heavy atom. The zero-order chi connectivity index (χ0) is 19.8. The number of aromatic nitrogens is 1. The van der Waals surface area contributed by atoms with Gasteiger partial charge in [0.25, 0.3) is 0 Å². The van der Waals surface area contributed by atoms with Crippen LogP contribution in [0.4, 0.5) is 0 Å². The molecule has 3 rings (SSSR count). The summed E-state index contributed by atoms with van der Waals surface area (Å²) in [5, 5.41) is 7.90. The van der Waals surface area contributed by atoms with Crippen LogP contribution >= 0.6 is 24.0 Å². The van der Waals surface area contributed by atoms with Gasteiger partial charge in [-0.3, -0.25) is 9.89 Å². The Labute approximate surface area is 190 Å². The fourth-order valence-corrected chi connectivity index (χ4v) is 4.69. The van der Waals surface area contributed by atoms with Crippen LogP contribution in [0.15, 0.2) is 41.5 Å². The monoisotopic (exact) mass is 533 g/mol. The van der Waals surface area contributed by atoms with Crippen LogP contribution < -0.4 is 10.6 Å². The van der Waals surface area contributed by atoms with Crippen molar-refractivity contribution in [1.82, 2.24) is 20.1 Å². The minimum Gasteiger partial charge on any atom is -0.357 e. The van der Waals surface area contributed by atoms with E-state index in [0.717, 1.165) is 45.1 Å². The van der Waals surface area contributed by atoms with Crippen LogP contribution in [0.3, 0.4) is 0 Å². The number of hydrogen-bond acceptors (Lipinski definition) is 4. The number of nitrogens with zero attached hydrogens (tertiary/aromatic N) is 3. The fraction of sp³-hybridized carbons (Fsp3) is 0.550. The van der Waals surface area contributed by atoms with Gasteiger partial charge in [0.2, 0.25) is 0 Å². The highest BCUT2D eigenvalue weighted by molar-refractivity contribution is 14.0. The normalized spacial score (nSPS) is 17.1. The number of aryl methyl sites for hydroxylation is 1. The number of para-hydroxylation sites is 1. The Hall–Kier alpha value is -1.33. The number of nitrogens with one attached hydrogen (secondary N) is 2. The van der Waals surface area contributed by atoms with Gasteiger partial charge < -0.3 is 15.2 Å². The third kappa shape index (κ3) is 7.45. The minimum atomic E-state index is -2.81. The molecule has 0 saturated carbocycles.